The highest BCUT2D eigenvalue weighted by molar-refractivity contribution is 6.42. The summed E-state index contributed by atoms with van der Waals surface area (Å²) < 4.78 is 39.5. The van der Waals surface area contributed by atoms with Gasteiger partial charge in [0.1, 0.15) is 18.3 Å². The number of halogens is 5. The second-order valence-corrected chi connectivity index (χ2v) is 5.67. The van der Waals surface area contributed by atoms with E-state index in [0.29, 0.717) is 17.5 Å². The Kier molecular flexibility index (Phi) is 4.97. The third-order valence-electron chi connectivity index (χ3n) is 3.24. The van der Waals surface area contributed by atoms with Crippen LogP contribution in [0.15, 0.2) is 17.3 Å². The van der Waals surface area contributed by atoms with Gasteiger partial charge in [0.05, 0.1) is 27.6 Å². The van der Waals surface area contributed by atoms with Gasteiger partial charge in [0, 0.05) is 0 Å². The van der Waals surface area contributed by atoms with E-state index in [4.69, 9.17) is 23.2 Å². The lowest BCUT2D eigenvalue weighted by atomic mass is 10.2. The van der Waals surface area contributed by atoms with Gasteiger partial charge in [0.2, 0.25) is 0 Å². The number of imidazole rings is 1. The molecule has 1 aromatic carbocycles. The molecule has 1 atom stereocenters. The molecule has 22 heavy (non-hydrogen) atoms. The van der Waals surface area contributed by atoms with Crippen molar-refractivity contribution in [1.29, 1.82) is 0 Å². The predicted molar refractivity (Wildman–Crippen MR) is 79.4 cm³/mol. The van der Waals surface area contributed by atoms with Crippen LogP contribution in [-0.2, 0) is 13.0 Å². The number of rotatable bonds is 5. The number of alkyl halides is 3. The Balaban J connectivity index is 2.58. The summed E-state index contributed by atoms with van der Waals surface area (Å²) in [6.45, 7) is 1.75. The topological polar surface area (TPSA) is 47.2 Å². The van der Waals surface area contributed by atoms with E-state index in [1.54, 1.807) is 6.92 Å². The number of hydrogen-bond acceptors (Lipinski definition) is 3. The third-order valence-corrected chi connectivity index (χ3v) is 3.96. The van der Waals surface area contributed by atoms with Crippen molar-refractivity contribution in [1.82, 2.24) is 9.55 Å². The van der Waals surface area contributed by atoms with E-state index in [0.717, 1.165) is 0 Å². The number of benzene rings is 1. The molecule has 0 radical (unpaired) electrons. The van der Waals surface area contributed by atoms with Crippen LogP contribution in [0.2, 0.25) is 10.0 Å². The molecule has 1 heterocycles. The van der Waals surface area contributed by atoms with Crippen molar-refractivity contribution in [2.24, 2.45) is 5.18 Å². The molecule has 0 N–H and O–H groups in total. The van der Waals surface area contributed by atoms with E-state index in [-0.39, 0.29) is 22.4 Å². The van der Waals surface area contributed by atoms with Crippen LogP contribution in [0.25, 0.3) is 11.0 Å². The summed E-state index contributed by atoms with van der Waals surface area (Å²) in [6, 6.07) is 2.22. The molecule has 120 valence electrons. The number of nitrogens with zero attached hydrogens (tertiary/aromatic N) is 3. The summed E-state index contributed by atoms with van der Waals surface area (Å²) in [7, 11) is 0. The Morgan fingerprint density at radius 2 is 1.95 bits per heavy atom. The van der Waals surface area contributed by atoms with Crippen LogP contribution in [0.4, 0.5) is 13.2 Å². The van der Waals surface area contributed by atoms with E-state index in [2.05, 4.69) is 10.2 Å². The first kappa shape index (κ1) is 17.0. The zero-order valence-corrected chi connectivity index (χ0v) is 13.0. The predicted octanol–water partition coefficient (Wildman–Crippen LogP) is 4.99. The Morgan fingerprint density at radius 1 is 1.32 bits per heavy atom. The van der Waals surface area contributed by atoms with Gasteiger partial charge < -0.3 is 4.57 Å². The molecule has 2 rings (SSSR count). The van der Waals surface area contributed by atoms with Crippen molar-refractivity contribution >= 4 is 34.2 Å². The quantitative estimate of drug-likeness (QED) is 0.710. The first-order valence-electron chi connectivity index (χ1n) is 6.48. The van der Waals surface area contributed by atoms with Crippen molar-refractivity contribution in [2.45, 2.75) is 38.5 Å². The fraction of sp³-hybridized carbons (Fsp3) is 0.462. The molecule has 0 saturated heterocycles. The lowest BCUT2D eigenvalue weighted by molar-refractivity contribution is -0.128. The molecule has 4 nitrogen and oxygen atoms in total. The normalized spacial score (nSPS) is 13.5. The average Bonchev–Trinajstić information content (AvgIpc) is 2.71. The van der Waals surface area contributed by atoms with Crippen molar-refractivity contribution in [3.05, 3.63) is 32.9 Å². The molecule has 1 aromatic heterocycles. The average molecular weight is 354 g/mol. The molecule has 0 aliphatic carbocycles. The van der Waals surface area contributed by atoms with Crippen molar-refractivity contribution in [3.8, 4) is 0 Å². The molecule has 0 spiro atoms. The molecule has 0 fully saturated rings. The van der Waals surface area contributed by atoms with Crippen LogP contribution < -0.4 is 0 Å². The van der Waals surface area contributed by atoms with Crippen molar-refractivity contribution < 1.29 is 13.2 Å². The number of hydrogen-bond donors (Lipinski definition) is 0. The zero-order chi connectivity index (χ0) is 16.5. The zero-order valence-electron chi connectivity index (χ0n) is 11.5. The molecule has 0 aliphatic rings. The molecule has 0 aliphatic heterocycles. The molecular formula is C13H12Cl2F3N3O. The summed E-state index contributed by atoms with van der Waals surface area (Å²) in [5.41, 5.74) is 0.699. The van der Waals surface area contributed by atoms with E-state index < -0.39 is 18.6 Å². The Labute approximate surface area is 134 Å². The third kappa shape index (κ3) is 3.70. The van der Waals surface area contributed by atoms with Gasteiger partial charge in [-0.1, -0.05) is 35.3 Å². The highest BCUT2D eigenvalue weighted by Crippen LogP contribution is 2.30. The van der Waals surface area contributed by atoms with Gasteiger partial charge >= 0.3 is 6.18 Å². The summed E-state index contributed by atoms with van der Waals surface area (Å²) in [6.07, 6.45) is -5.20. The summed E-state index contributed by atoms with van der Waals surface area (Å²) in [5.74, 6) is -0.192. The van der Waals surface area contributed by atoms with Crippen LogP contribution in [0, 0.1) is 4.91 Å². The highest BCUT2D eigenvalue weighted by atomic mass is 35.5. The maximum atomic E-state index is 12.7. The molecule has 0 bridgehead atoms. The minimum atomic E-state index is -4.41. The SMILES string of the molecule is CCC(Cn1c(CC(F)(F)F)nc2cc(Cl)c(Cl)cc21)N=O. The molecule has 1 unspecified atom stereocenters. The fourth-order valence-corrected chi connectivity index (χ4v) is 2.45. The summed E-state index contributed by atoms with van der Waals surface area (Å²) in [4.78, 5) is 14.7. The molecule has 9 heteroatoms. The molecule has 0 saturated carbocycles. The van der Waals surface area contributed by atoms with Gasteiger partial charge in [0.25, 0.3) is 0 Å². The molecule has 2 aromatic rings. The Bertz CT molecular complexity index is 700. The minimum Gasteiger partial charge on any atom is -0.325 e. The van der Waals surface area contributed by atoms with E-state index in [9.17, 15) is 18.1 Å². The smallest absolute Gasteiger partial charge is 0.325 e. The van der Waals surface area contributed by atoms with Gasteiger partial charge in [-0.05, 0) is 18.6 Å². The maximum Gasteiger partial charge on any atom is 0.396 e. The second kappa shape index (κ2) is 6.42. The standard InChI is InChI=1S/C13H12Cl2F3N3O/c1-2-7(20-22)6-21-11-4-9(15)8(14)3-10(11)19-12(21)5-13(16,17)18/h3-4,7H,2,5-6H2,1H3. The summed E-state index contributed by atoms with van der Waals surface area (Å²) in [5, 5.41) is 3.34. The Hall–Kier alpha value is -1.34. The van der Waals surface area contributed by atoms with Crippen LogP contribution in [0.1, 0.15) is 19.2 Å². The largest absolute Gasteiger partial charge is 0.396 e. The highest BCUT2D eigenvalue weighted by Gasteiger charge is 2.31. The lowest BCUT2D eigenvalue weighted by Gasteiger charge is -2.13. The van der Waals surface area contributed by atoms with Crippen LogP contribution in [0.3, 0.4) is 0 Å². The van der Waals surface area contributed by atoms with E-state index >= 15 is 0 Å². The minimum absolute atomic E-state index is 0.0138. The van der Waals surface area contributed by atoms with Gasteiger partial charge in [-0.2, -0.15) is 18.1 Å². The maximum absolute atomic E-state index is 12.7. The fourth-order valence-electron chi connectivity index (χ4n) is 2.14. The van der Waals surface area contributed by atoms with Crippen LogP contribution in [0.5, 0.6) is 0 Å². The van der Waals surface area contributed by atoms with Crippen LogP contribution >= 0.6 is 23.2 Å². The molecular weight excluding hydrogens is 342 g/mol. The van der Waals surface area contributed by atoms with Crippen molar-refractivity contribution in [2.75, 3.05) is 0 Å². The van der Waals surface area contributed by atoms with Crippen molar-refractivity contribution in [3.63, 3.8) is 0 Å². The number of aromatic nitrogens is 2. The second-order valence-electron chi connectivity index (χ2n) is 4.85. The first-order valence-corrected chi connectivity index (χ1v) is 7.24. The van der Waals surface area contributed by atoms with Gasteiger partial charge in [-0.25, -0.2) is 4.98 Å². The van der Waals surface area contributed by atoms with Crippen LogP contribution in [-0.4, -0.2) is 21.8 Å². The Morgan fingerprint density at radius 3 is 2.50 bits per heavy atom. The van der Waals surface area contributed by atoms with Gasteiger partial charge in [-0.3, -0.25) is 0 Å². The first-order chi connectivity index (χ1) is 10.2. The monoisotopic (exact) mass is 353 g/mol. The number of nitroso groups, excluding NO2 is 1. The molecule has 0 amide bonds. The van der Waals surface area contributed by atoms with Gasteiger partial charge in [-0.15, -0.1) is 0 Å². The van der Waals surface area contributed by atoms with E-state index in [1.807, 2.05) is 0 Å². The number of fused-ring (bicyclic) bond motifs is 1. The van der Waals surface area contributed by atoms with E-state index in [1.165, 1.54) is 16.7 Å². The van der Waals surface area contributed by atoms with Gasteiger partial charge in [0.15, 0.2) is 0 Å². The summed E-state index contributed by atoms with van der Waals surface area (Å²) >= 11 is 11.8. The lowest BCUT2D eigenvalue weighted by Crippen LogP contribution is -2.20.